The largest absolute Gasteiger partial charge is 0.494 e. The third-order valence-corrected chi connectivity index (χ3v) is 2.68. The SMILES string of the molecule is CCCOCC(NCC)c1ccc(OCC)cc1. The summed E-state index contributed by atoms with van der Waals surface area (Å²) in [6.07, 6.45) is 1.06. The van der Waals surface area contributed by atoms with Crippen LogP contribution in [0.2, 0.25) is 0 Å². The van der Waals surface area contributed by atoms with E-state index in [0.29, 0.717) is 6.61 Å². The molecule has 0 spiro atoms. The van der Waals surface area contributed by atoms with Gasteiger partial charge in [0.15, 0.2) is 0 Å². The second-order valence-corrected chi connectivity index (χ2v) is 4.19. The third kappa shape index (κ3) is 5.07. The minimum absolute atomic E-state index is 0.261. The Morgan fingerprint density at radius 1 is 1.11 bits per heavy atom. The number of benzene rings is 1. The number of likely N-dealkylation sites (N-methyl/N-ethyl adjacent to an activating group) is 1. The van der Waals surface area contributed by atoms with Crippen LogP contribution in [0.5, 0.6) is 5.75 Å². The van der Waals surface area contributed by atoms with Crippen LogP contribution in [0, 0.1) is 0 Å². The lowest BCUT2D eigenvalue weighted by Crippen LogP contribution is -2.25. The fourth-order valence-electron chi connectivity index (χ4n) is 1.83. The highest BCUT2D eigenvalue weighted by Crippen LogP contribution is 2.18. The second-order valence-electron chi connectivity index (χ2n) is 4.19. The molecule has 18 heavy (non-hydrogen) atoms. The van der Waals surface area contributed by atoms with Crippen molar-refractivity contribution in [3.8, 4) is 5.75 Å². The Morgan fingerprint density at radius 3 is 2.39 bits per heavy atom. The van der Waals surface area contributed by atoms with Gasteiger partial charge < -0.3 is 14.8 Å². The van der Waals surface area contributed by atoms with E-state index >= 15 is 0 Å². The maximum Gasteiger partial charge on any atom is 0.119 e. The molecule has 1 unspecified atom stereocenters. The van der Waals surface area contributed by atoms with Crippen molar-refractivity contribution >= 4 is 0 Å². The third-order valence-electron chi connectivity index (χ3n) is 2.68. The van der Waals surface area contributed by atoms with E-state index in [2.05, 4.69) is 31.3 Å². The summed E-state index contributed by atoms with van der Waals surface area (Å²) >= 11 is 0. The Labute approximate surface area is 110 Å². The van der Waals surface area contributed by atoms with E-state index in [9.17, 15) is 0 Å². The lowest BCUT2D eigenvalue weighted by atomic mass is 10.1. The summed E-state index contributed by atoms with van der Waals surface area (Å²) < 4.78 is 11.1. The zero-order valence-corrected chi connectivity index (χ0v) is 11.7. The minimum atomic E-state index is 0.261. The summed E-state index contributed by atoms with van der Waals surface area (Å²) in [5, 5.41) is 3.44. The lowest BCUT2D eigenvalue weighted by molar-refractivity contribution is 0.112. The molecule has 1 aromatic carbocycles. The summed E-state index contributed by atoms with van der Waals surface area (Å²) in [7, 11) is 0. The van der Waals surface area contributed by atoms with Gasteiger partial charge in [-0.2, -0.15) is 0 Å². The van der Waals surface area contributed by atoms with Gasteiger partial charge in [-0.25, -0.2) is 0 Å². The number of nitrogens with one attached hydrogen (secondary N) is 1. The van der Waals surface area contributed by atoms with E-state index in [1.807, 2.05) is 19.1 Å². The van der Waals surface area contributed by atoms with Crippen LogP contribution >= 0.6 is 0 Å². The van der Waals surface area contributed by atoms with Gasteiger partial charge in [0.2, 0.25) is 0 Å². The van der Waals surface area contributed by atoms with Gasteiger partial charge in [-0.05, 0) is 37.6 Å². The van der Waals surface area contributed by atoms with E-state index < -0.39 is 0 Å². The Hall–Kier alpha value is -1.06. The number of hydrogen-bond donors (Lipinski definition) is 1. The fourth-order valence-corrected chi connectivity index (χ4v) is 1.83. The highest BCUT2D eigenvalue weighted by molar-refractivity contribution is 5.29. The lowest BCUT2D eigenvalue weighted by Gasteiger charge is -2.18. The minimum Gasteiger partial charge on any atom is -0.494 e. The molecule has 0 heterocycles. The van der Waals surface area contributed by atoms with Gasteiger partial charge in [-0.3, -0.25) is 0 Å². The maximum atomic E-state index is 5.64. The number of ether oxygens (including phenoxy) is 2. The zero-order chi connectivity index (χ0) is 13.2. The highest BCUT2D eigenvalue weighted by atomic mass is 16.5. The standard InChI is InChI=1S/C15H25NO2/c1-4-11-17-12-15(16-5-2)13-7-9-14(10-8-13)18-6-3/h7-10,15-16H,4-6,11-12H2,1-3H3. The molecule has 1 aromatic rings. The molecular weight excluding hydrogens is 226 g/mol. The van der Waals surface area contributed by atoms with Crippen molar-refractivity contribution in [1.82, 2.24) is 5.32 Å². The van der Waals surface area contributed by atoms with Crippen LogP contribution in [-0.2, 0) is 4.74 Å². The summed E-state index contributed by atoms with van der Waals surface area (Å²) in [6.45, 7) is 9.41. The second kappa shape index (κ2) is 8.95. The number of rotatable bonds is 9. The summed E-state index contributed by atoms with van der Waals surface area (Å²) in [4.78, 5) is 0. The summed E-state index contributed by atoms with van der Waals surface area (Å²) in [6, 6.07) is 8.50. The first-order valence-corrected chi connectivity index (χ1v) is 6.85. The van der Waals surface area contributed by atoms with Crippen LogP contribution in [0.25, 0.3) is 0 Å². The van der Waals surface area contributed by atoms with Gasteiger partial charge in [0.25, 0.3) is 0 Å². The van der Waals surface area contributed by atoms with Gasteiger partial charge >= 0.3 is 0 Å². The van der Waals surface area contributed by atoms with Crippen LogP contribution in [0.3, 0.4) is 0 Å². The van der Waals surface area contributed by atoms with Crippen LogP contribution < -0.4 is 10.1 Å². The van der Waals surface area contributed by atoms with Crippen molar-refractivity contribution in [3.63, 3.8) is 0 Å². The quantitative estimate of drug-likeness (QED) is 0.684. The Bertz CT molecular complexity index is 311. The van der Waals surface area contributed by atoms with Gasteiger partial charge in [0.1, 0.15) is 5.75 Å². The molecule has 0 aromatic heterocycles. The van der Waals surface area contributed by atoms with Gasteiger partial charge in [-0.15, -0.1) is 0 Å². The molecule has 1 N–H and O–H groups in total. The van der Waals surface area contributed by atoms with Gasteiger partial charge in [-0.1, -0.05) is 26.0 Å². The number of hydrogen-bond acceptors (Lipinski definition) is 3. The van der Waals surface area contributed by atoms with Crippen molar-refractivity contribution in [3.05, 3.63) is 29.8 Å². The molecule has 1 atom stereocenters. The van der Waals surface area contributed by atoms with Crippen LogP contribution in [-0.4, -0.2) is 26.4 Å². The molecule has 1 rings (SSSR count). The molecule has 3 heteroatoms. The topological polar surface area (TPSA) is 30.5 Å². The zero-order valence-electron chi connectivity index (χ0n) is 11.7. The van der Waals surface area contributed by atoms with Crippen molar-refractivity contribution in [2.24, 2.45) is 0 Å². The predicted molar refractivity (Wildman–Crippen MR) is 75.1 cm³/mol. The molecule has 0 aliphatic carbocycles. The van der Waals surface area contributed by atoms with Crippen LogP contribution in [0.15, 0.2) is 24.3 Å². The van der Waals surface area contributed by atoms with E-state index in [1.54, 1.807) is 0 Å². The van der Waals surface area contributed by atoms with Crippen molar-refractivity contribution in [2.45, 2.75) is 33.2 Å². The molecule has 0 bridgehead atoms. The van der Waals surface area contributed by atoms with Crippen LogP contribution in [0.1, 0.15) is 38.8 Å². The first kappa shape index (κ1) is 15.0. The first-order valence-electron chi connectivity index (χ1n) is 6.85. The Kier molecular flexibility index (Phi) is 7.46. The highest BCUT2D eigenvalue weighted by Gasteiger charge is 2.10. The first-order chi connectivity index (χ1) is 8.81. The average molecular weight is 251 g/mol. The van der Waals surface area contributed by atoms with E-state index in [1.165, 1.54) is 5.56 Å². The fraction of sp³-hybridized carbons (Fsp3) is 0.600. The van der Waals surface area contributed by atoms with Crippen LogP contribution in [0.4, 0.5) is 0 Å². The van der Waals surface area contributed by atoms with Gasteiger partial charge in [0.05, 0.1) is 19.3 Å². The molecule has 0 aliphatic rings. The monoisotopic (exact) mass is 251 g/mol. The average Bonchev–Trinajstić information content (AvgIpc) is 2.39. The molecule has 0 amide bonds. The smallest absolute Gasteiger partial charge is 0.119 e. The molecule has 3 nitrogen and oxygen atoms in total. The molecular formula is C15H25NO2. The maximum absolute atomic E-state index is 5.64. The summed E-state index contributed by atoms with van der Waals surface area (Å²) in [5.41, 5.74) is 1.25. The van der Waals surface area contributed by atoms with E-state index in [0.717, 1.165) is 31.9 Å². The molecule has 0 saturated carbocycles. The van der Waals surface area contributed by atoms with Gasteiger partial charge in [0, 0.05) is 6.61 Å². The summed E-state index contributed by atoms with van der Waals surface area (Å²) in [5.74, 6) is 0.922. The Morgan fingerprint density at radius 2 is 1.83 bits per heavy atom. The molecule has 0 aliphatic heterocycles. The van der Waals surface area contributed by atoms with Crippen molar-refractivity contribution in [2.75, 3.05) is 26.4 Å². The van der Waals surface area contributed by atoms with Crippen molar-refractivity contribution in [1.29, 1.82) is 0 Å². The van der Waals surface area contributed by atoms with E-state index in [4.69, 9.17) is 9.47 Å². The molecule has 102 valence electrons. The predicted octanol–water partition coefficient (Wildman–Crippen LogP) is 3.16. The molecule has 0 radical (unpaired) electrons. The van der Waals surface area contributed by atoms with E-state index in [-0.39, 0.29) is 6.04 Å². The molecule has 0 saturated heterocycles. The van der Waals surface area contributed by atoms with Crippen molar-refractivity contribution < 1.29 is 9.47 Å². The molecule has 0 fully saturated rings. The normalized spacial score (nSPS) is 12.4. The Balaban J connectivity index is 2.60.